The van der Waals surface area contributed by atoms with Gasteiger partial charge in [-0.15, -0.1) is 0 Å². The lowest BCUT2D eigenvalue weighted by Gasteiger charge is -2.25. The molecule has 0 bridgehead atoms. The molecule has 0 unspecified atom stereocenters. The van der Waals surface area contributed by atoms with Crippen LogP contribution >= 0.6 is 11.8 Å². The largest absolute Gasteiger partial charge is 0.343 e. The number of hydrogen-bond acceptors (Lipinski definition) is 2. The van der Waals surface area contributed by atoms with Crippen LogP contribution in [0.2, 0.25) is 0 Å². The highest BCUT2D eigenvalue weighted by molar-refractivity contribution is 8.13. The third-order valence-electron chi connectivity index (χ3n) is 4.14. The molecule has 3 heteroatoms. The summed E-state index contributed by atoms with van der Waals surface area (Å²) in [5.74, 6) is 0. The fourth-order valence-corrected chi connectivity index (χ4v) is 3.36. The van der Waals surface area contributed by atoms with Gasteiger partial charge in [-0.2, -0.15) is 0 Å². The quantitative estimate of drug-likeness (QED) is 0.407. The fourth-order valence-electron chi connectivity index (χ4n) is 2.77. The van der Waals surface area contributed by atoms with Gasteiger partial charge in [-0.3, -0.25) is 0 Å². The van der Waals surface area contributed by atoms with Crippen molar-refractivity contribution in [2.45, 2.75) is 20.0 Å². The number of hydrogen-bond donors (Lipinski definition) is 0. The second kappa shape index (κ2) is 9.25. The van der Waals surface area contributed by atoms with Crippen molar-refractivity contribution in [3.05, 3.63) is 102 Å². The molecule has 3 aromatic carbocycles. The van der Waals surface area contributed by atoms with Gasteiger partial charge < -0.3 is 4.90 Å². The van der Waals surface area contributed by atoms with Crippen LogP contribution in [-0.2, 0) is 13.1 Å². The van der Waals surface area contributed by atoms with Gasteiger partial charge in [0.15, 0.2) is 5.17 Å². The molecular weight excluding hydrogens is 336 g/mol. The maximum Gasteiger partial charge on any atom is 0.164 e. The smallest absolute Gasteiger partial charge is 0.164 e. The summed E-state index contributed by atoms with van der Waals surface area (Å²) >= 11 is 1.69. The summed E-state index contributed by atoms with van der Waals surface area (Å²) in [6.45, 7) is 3.77. The van der Waals surface area contributed by atoms with E-state index in [0.29, 0.717) is 0 Å². The summed E-state index contributed by atoms with van der Waals surface area (Å²) in [7, 11) is 0. The Hall–Kier alpha value is -2.52. The van der Waals surface area contributed by atoms with E-state index < -0.39 is 0 Å². The molecule has 0 fully saturated rings. The summed E-state index contributed by atoms with van der Waals surface area (Å²) in [6, 6.07) is 29.5. The summed E-state index contributed by atoms with van der Waals surface area (Å²) in [6.07, 6.45) is 2.09. The number of rotatable bonds is 5. The summed E-state index contributed by atoms with van der Waals surface area (Å²) in [4.78, 5) is 7.26. The van der Waals surface area contributed by atoms with Crippen molar-refractivity contribution in [2.75, 3.05) is 6.26 Å². The molecule has 0 spiro atoms. The number of thioether (sulfide) groups is 1. The highest BCUT2D eigenvalue weighted by atomic mass is 32.2. The Morgan fingerprint density at radius 1 is 0.769 bits per heavy atom. The molecule has 0 aliphatic rings. The monoisotopic (exact) mass is 360 g/mol. The van der Waals surface area contributed by atoms with Crippen LogP contribution in [0.5, 0.6) is 0 Å². The highest BCUT2D eigenvalue weighted by Gasteiger charge is 2.12. The molecule has 2 nitrogen and oxygen atoms in total. The molecule has 0 heterocycles. The van der Waals surface area contributed by atoms with Crippen LogP contribution in [0.25, 0.3) is 0 Å². The fraction of sp³-hybridized carbons (Fsp3) is 0.174. The van der Waals surface area contributed by atoms with Crippen LogP contribution in [0.1, 0.15) is 16.7 Å². The van der Waals surface area contributed by atoms with E-state index in [2.05, 4.69) is 103 Å². The van der Waals surface area contributed by atoms with Crippen molar-refractivity contribution in [3.63, 3.8) is 0 Å². The lowest BCUT2D eigenvalue weighted by atomic mass is 10.2. The van der Waals surface area contributed by atoms with E-state index in [1.165, 1.54) is 16.7 Å². The zero-order chi connectivity index (χ0) is 18.2. The Kier molecular flexibility index (Phi) is 6.50. The van der Waals surface area contributed by atoms with E-state index in [1.54, 1.807) is 11.8 Å². The lowest BCUT2D eigenvalue weighted by Crippen LogP contribution is -2.27. The number of nitrogens with zero attached hydrogens (tertiary/aromatic N) is 2. The van der Waals surface area contributed by atoms with Gasteiger partial charge in [0.25, 0.3) is 0 Å². The van der Waals surface area contributed by atoms with Gasteiger partial charge in [-0.1, -0.05) is 90.1 Å². The van der Waals surface area contributed by atoms with Crippen molar-refractivity contribution in [1.82, 2.24) is 4.90 Å². The molecule has 132 valence electrons. The average molecular weight is 361 g/mol. The van der Waals surface area contributed by atoms with Gasteiger partial charge in [0.05, 0.1) is 5.69 Å². The van der Waals surface area contributed by atoms with Crippen LogP contribution in [0.4, 0.5) is 5.69 Å². The van der Waals surface area contributed by atoms with Crippen molar-refractivity contribution in [1.29, 1.82) is 0 Å². The summed E-state index contributed by atoms with van der Waals surface area (Å²) < 4.78 is 0. The summed E-state index contributed by atoms with van der Waals surface area (Å²) in [5.41, 5.74) is 4.81. The Morgan fingerprint density at radius 3 is 1.73 bits per heavy atom. The molecule has 0 atom stereocenters. The maximum absolute atomic E-state index is 4.92. The first-order chi connectivity index (χ1) is 12.7. The lowest BCUT2D eigenvalue weighted by molar-refractivity contribution is 0.415. The van der Waals surface area contributed by atoms with Crippen LogP contribution < -0.4 is 0 Å². The highest BCUT2D eigenvalue weighted by Crippen LogP contribution is 2.20. The van der Waals surface area contributed by atoms with Gasteiger partial charge in [0.1, 0.15) is 0 Å². The van der Waals surface area contributed by atoms with E-state index >= 15 is 0 Å². The molecule has 0 saturated carbocycles. The third-order valence-corrected chi connectivity index (χ3v) is 4.86. The molecule has 0 aliphatic heterocycles. The molecule has 0 saturated heterocycles. The number of amidine groups is 1. The predicted molar refractivity (Wildman–Crippen MR) is 114 cm³/mol. The van der Waals surface area contributed by atoms with Crippen molar-refractivity contribution in [2.24, 2.45) is 4.99 Å². The first kappa shape index (κ1) is 18.3. The minimum atomic E-state index is 0.835. The Morgan fingerprint density at radius 2 is 1.27 bits per heavy atom. The summed E-state index contributed by atoms with van der Waals surface area (Å²) in [5, 5.41) is 1.03. The molecular formula is C23H24N2S. The van der Waals surface area contributed by atoms with Gasteiger partial charge in [-0.25, -0.2) is 4.99 Å². The van der Waals surface area contributed by atoms with Crippen LogP contribution in [-0.4, -0.2) is 16.3 Å². The van der Waals surface area contributed by atoms with Crippen molar-refractivity contribution >= 4 is 22.6 Å². The minimum Gasteiger partial charge on any atom is -0.343 e. The van der Waals surface area contributed by atoms with E-state index in [1.807, 2.05) is 0 Å². The second-order valence-corrected chi connectivity index (χ2v) is 7.03. The van der Waals surface area contributed by atoms with Crippen LogP contribution in [0, 0.1) is 6.92 Å². The Balaban J connectivity index is 1.89. The molecule has 26 heavy (non-hydrogen) atoms. The molecule has 3 aromatic rings. The Labute approximate surface area is 160 Å². The molecule has 0 aliphatic carbocycles. The maximum atomic E-state index is 4.92. The predicted octanol–water partition coefficient (Wildman–Crippen LogP) is 6.05. The second-order valence-electron chi connectivity index (χ2n) is 6.26. The normalized spacial score (nSPS) is 11.4. The van der Waals surface area contributed by atoms with E-state index in [0.717, 1.165) is 23.9 Å². The van der Waals surface area contributed by atoms with Crippen molar-refractivity contribution in [3.8, 4) is 0 Å². The zero-order valence-corrected chi connectivity index (χ0v) is 16.1. The van der Waals surface area contributed by atoms with Gasteiger partial charge in [-0.05, 0) is 36.4 Å². The van der Waals surface area contributed by atoms with Crippen LogP contribution in [0.15, 0.2) is 89.9 Å². The minimum absolute atomic E-state index is 0.835. The van der Waals surface area contributed by atoms with Gasteiger partial charge in [0.2, 0.25) is 0 Å². The number of benzene rings is 3. The SMILES string of the molecule is CSC(=Nc1ccc(C)cc1)N(Cc1ccccc1)Cc1ccccc1. The van der Waals surface area contributed by atoms with E-state index in [4.69, 9.17) is 4.99 Å². The van der Waals surface area contributed by atoms with Crippen molar-refractivity contribution < 1.29 is 0 Å². The van der Waals surface area contributed by atoms with E-state index in [9.17, 15) is 0 Å². The molecule has 0 amide bonds. The van der Waals surface area contributed by atoms with Gasteiger partial charge >= 0.3 is 0 Å². The topological polar surface area (TPSA) is 15.6 Å². The van der Waals surface area contributed by atoms with Gasteiger partial charge in [0, 0.05) is 13.1 Å². The third kappa shape index (κ3) is 5.24. The Bertz CT molecular complexity index is 786. The first-order valence-electron chi connectivity index (χ1n) is 8.77. The standard InChI is InChI=1S/C23H24N2S/c1-19-13-15-22(16-14-19)24-23(26-2)25(17-20-9-5-3-6-10-20)18-21-11-7-4-8-12-21/h3-16H,17-18H2,1-2H3. The van der Waals surface area contributed by atoms with Crippen LogP contribution in [0.3, 0.4) is 0 Å². The molecule has 0 aromatic heterocycles. The molecule has 0 N–H and O–H groups in total. The molecule has 0 radical (unpaired) electrons. The zero-order valence-electron chi connectivity index (χ0n) is 15.3. The number of aryl methyl sites for hydroxylation is 1. The number of aliphatic imine (C=N–C) groups is 1. The van der Waals surface area contributed by atoms with E-state index in [-0.39, 0.29) is 0 Å². The molecule has 3 rings (SSSR count). The average Bonchev–Trinajstić information content (AvgIpc) is 2.69. The first-order valence-corrected chi connectivity index (χ1v) is 9.99.